The van der Waals surface area contributed by atoms with Gasteiger partial charge in [-0.2, -0.15) is 18.3 Å². The van der Waals surface area contributed by atoms with Crippen molar-refractivity contribution in [3.63, 3.8) is 0 Å². The summed E-state index contributed by atoms with van der Waals surface area (Å²) >= 11 is 0. The minimum atomic E-state index is -4.20. The molecule has 7 nitrogen and oxygen atoms in total. The maximum Gasteiger partial charge on any atom is 0.389 e. The number of benzene rings is 2. The van der Waals surface area contributed by atoms with Gasteiger partial charge in [0.25, 0.3) is 11.8 Å². The first-order valence-electron chi connectivity index (χ1n) is 14.3. The molecule has 1 saturated carbocycles. The van der Waals surface area contributed by atoms with Crippen molar-refractivity contribution in [1.82, 2.24) is 15.1 Å². The van der Waals surface area contributed by atoms with Crippen LogP contribution in [0.1, 0.15) is 82.5 Å². The number of anilines is 1. The third kappa shape index (κ3) is 5.96. The number of carbonyl (C=O) groups is 2. The van der Waals surface area contributed by atoms with Gasteiger partial charge in [-0.15, -0.1) is 0 Å². The molecule has 3 aliphatic rings. The molecule has 1 atom stereocenters. The Kier molecular flexibility index (Phi) is 7.25. The highest BCUT2D eigenvalue weighted by molar-refractivity contribution is 6.09. The summed E-state index contributed by atoms with van der Waals surface area (Å²) < 4.78 is 44.8. The van der Waals surface area contributed by atoms with Crippen LogP contribution in [0.15, 0.2) is 48.5 Å². The monoisotopic (exact) mass is 566 g/mol. The van der Waals surface area contributed by atoms with Gasteiger partial charge in [-0.05, 0) is 73.4 Å². The zero-order valence-electron chi connectivity index (χ0n) is 22.7. The van der Waals surface area contributed by atoms with Gasteiger partial charge in [-0.3, -0.25) is 9.59 Å². The molecule has 2 amide bonds. The second-order valence-corrected chi connectivity index (χ2v) is 11.4. The van der Waals surface area contributed by atoms with Gasteiger partial charge in [0.1, 0.15) is 17.1 Å². The number of aromatic nitrogens is 2. The molecule has 1 spiro atoms. The predicted molar refractivity (Wildman–Crippen MR) is 147 cm³/mol. The topological polar surface area (TPSA) is 85.2 Å². The van der Waals surface area contributed by atoms with Gasteiger partial charge in [0, 0.05) is 24.9 Å². The maximum absolute atomic E-state index is 13.8. The van der Waals surface area contributed by atoms with E-state index in [-0.39, 0.29) is 24.8 Å². The molecule has 2 aromatic carbocycles. The molecular weight excluding hydrogens is 533 g/mol. The summed E-state index contributed by atoms with van der Waals surface area (Å²) in [6, 6.07) is 14.5. The van der Waals surface area contributed by atoms with Crippen LogP contribution in [0.25, 0.3) is 0 Å². The van der Waals surface area contributed by atoms with Crippen molar-refractivity contribution in [2.24, 2.45) is 5.92 Å². The highest BCUT2D eigenvalue weighted by Gasteiger charge is 2.45. The second-order valence-electron chi connectivity index (χ2n) is 11.4. The largest absolute Gasteiger partial charge is 0.494 e. The lowest BCUT2D eigenvalue weighted by atomic mass is 9.72. The number of rotatable bonds is 9. The van der Waals surface area contributed by atoms with Crippen molar-refractivity contribution in [3.05, 3.63) is 76.5 Å². The number of ether oxygens (including phenoxy) is 1. The van der Waals surface area contributed by atoms with E-state index in [0.29, 0.717) is 47.3 Å². The smallest absolute Gasteiger partial charge is 0.389 e. The molecule has 3 aromatic rings. The summed E-state index contributed by atoms with van der Waals surface area (Å²) in [7, 11) is 0. The van der Waals surface area contributed by atoms with Gasteiger partial charge in [-0.1, -0.05) is 37.1 Å². The first kappa shape index (κ1) is 27.4. The molecule has 1 aromatic heterocycles. The molecule has 0 saturated heterocycles. The summed E-state index contributed by atoms with van der Waals surface area (Å²) in [5.41, 5.74) is 2.91. The van der Waals surface area contributed by atoms with Crippen LogP contribution in [0.2, 0.25) is 0 Å². The Balaban J connectivity index is 1.26. The van der Waals surface area contributed by atoms with Crippen molar-refractivity contribution in [2.45, 2.75) is 76.0 Å². The highest BCUT2D eigenvalue weighted by atomic mass is 19.4. The summed E-state index contributed by atoms with van der Waals surface area (Å²) in [5, 5.41) is 11.1. The SMILES string of the molecule is O=C(Nc1c2c(nn1CCC1CC1)C[C@]1(CCCc3cc(OCCCC(F)(F)F)ccc31)NC2=O)c1ccccc1. The summed E-state index contributed by atoms with van der Waals surface area (Å²) in [6.45, 7) is 0.604. The molecule has 2 heterocycles. The molecular formula is C31H33F3N4O3. The van der Waals surface area contributed by atoms with E-state index in [9.17, 15) is 22.8 Å². The van der Waals surface area contributed by atoms with Gasteiger partial charge < -0.3 is 15.4 Å². The fourth-order valence-corrected chi connectivity index (χ4v) is 6.08. The van der Waals surface area contributed by atoms with Gasteiger partial charge in [0.15, 0.2) is 0 Å². The normalized spacial score (nSPS) is 19.8. The third-order valence-electron chi connectivity index (χ3n) is 8.30. The Bertz CT molecular complexity index is 1450. The van der Waals surface area contributed by atoms with Crippen molar-refractivity contribution in [2.75, 3.05) is 11.9 Å². The van der Waals surface area contributed by atoms with Crippen LogP contribution in [0.4, 0.5) is 19.0 Å². The van der Waals surface area contributed by atoms with E-state index >= 15 is 0 Å². The van der Waals surface area contributed by atoms with Gasteiger partial charge in [0.2, 0.25) is 0 Å². The molecule has 0 unspecified atom stereocenters. The number of fused-ring (bicyclic) bond motifs is 3. The Morgan fingerprint density at radius 1 is 1.17 bits per heavy atom. The number of alkyl halides is 3. The fourth-order valence-electron chi connectivity index (χ4n) is 6.08. The van der Waals surface area contributed by atoms with Crippen molar-refractivity contribution in [3.8, 4) is 5.75 Å². The second kappa shape index (κ2) is 10.9. The zero-order valence-corrected chi connectivity index (χ0v) is 22.7. The predicted octanol–water partition coefficient (Wildman–Crippen LogP) is 6.17. The number of halogens is 3. The Hall–Kier alpha value is -3.82. The van der Waals surface area contributed by atoms with Crippen LogP contribution < -0.4 is 15.4 Å². The quantitative estimate of drug-likeness (QED) is 0.303. The van der Waals surface area contributed by atoms with Crippen LogP contribution in [0.3, 0.4) is 0 Å². The molecule has 10 heteroatoms. The Morgan fingerprint density at radius 3 is 2.73 bits per heavy atom. The minimum absolute atomic E-state index is 0.0146. The van der Waals surface area contributed by atoms with Gasteiger partial charge >= 0.3 is 6.18 Å². The minimum Gasteiger partial charge on any atom is -0.494 e. The molecule has 216 valence electrons. The molecule has 41 heavy (non-hydrogen) atoms. The lowest BCUT2D eigenvalue weighted by Gasteiger charge is -2.42. The number of hydrogen-bond acceptors (Lipinski definition) is 4. The number of amides is 2. The van der Waals surface area contributed by atoms with Crippen molar-refractivity contribution in [1.29, 1.82) is 0 Å². The standard InChI is InChI=1S/C31H33F3N4O3/c32-31(33,34)15-5-17-41-23-11-12-24-22(18-23)8-4-14-30(24)19-25-26(29(40)36-30)27(38(37-25)16-13-20-9-10-20)35-28(39)21-6-2-1-3-7-21/h1-3,6-7,11-12,18,20H,4-5,8-10,13-17,19H2,(H,35,39)(H,36,40)/t30-/m0/s1. The van der Waals surface area contributed by atoms with E-state index in [2.05, 4.69) is 10.6 Å². The Labute approximate surface area is 236 Å². The van der Waals surface area contributed by atoms with Gasteiger partial charge in [-0.25, -0.2) is 4.68 Å². The first-order chi connectivity index (χ1) is 19.7. The number of hydrogen-bond donors (Lipinski definition) is 2. The summed E-state index contributed by atoms with van der Waals surface area (Å²) in [6.07, 6.45) is 0.993. The van der Waals surface area contributed by atoms with Crippen LogP contribution in [-0.2, 0) is 24.9 Å². The maximum atomic E-state index is 13.8. The van der Waals surface area contributed by atoms with E-state index in [1.165, 1.54) is 12.8 Å². The number of aryl methyl sites for hydroxylation is 2. The third-order valence-corrected chi connectivity index (χ3v) is 8.30. The number of carbonyl (C=O) groups excluding carboxylic acids is 2. The van der Waals surface area contributed by atoms with E-state index in [4.69, 9.17) is 9.84 Å². The van der Waals surface area contributed by atoms with E-state index < -0.39 is 18.1 Å². The van der Waals surface area contributed by atoms with Crippen molar-refractivity contribution >= 4 is 17.6 Å². The lowest BCUT2D eigenvalue weighted by molar-refractivity contribution is -0.136. The average Bonchev–Trinajstić information content (AvgIpc) is 3.71. The molecule has 0 bridgehead atoms. The number of nitrogens with zero attached hydrogens (tertiary/aromatic N) is 2. The zero-order chi connectivity index (χ0) is 28.6. The van der Waals surface area contributed by atoms with Crippen LogP contribution in [0.5, 0.6) is 5.75 Å². The fraction of sp³-hybridized carbons (Fsp3) is 0.452. The van der Waals surface area contributed by atoms with E-state index in [1.54, 1.807) is 35.0 Å². The average molecular weight is 567 g/mol. The highest BCUT2D eigenvalue weighted by Crippen LogP contribution is 2.43. The van der Waals surface area contributed by atoms with Gasteiger partial charge in [0.05, 0.1) is 17.8 Å². The summed E-state index contributed by atoms with van der Waals surface area (Å²) in [5.74, 6) is 1.05. The molecule has 1 fully saturated rings. The lowest BCUT2D eigenvalue weighted by Crippen LogP contribution is -2.52. The number of nitrogens with one attached hydrogen (secondary N) is 2. The summed E-state index contributed by atoms with van der Waals surface area (Å²) in [4.78, 5) is 26.9. The molecule has 6 rings (SSSR count). The van der Waals surface area contributed by atoms with E-state index in [0.717, 1.165) is 36.8 Å². The van der Waals surface area contributed by atoms with Crippen LogP contribution >= 0.6 is 0 Å². The van der Waals surface area contributed by atoms with E-state index in [1.807, 2.05) is 18.2 Å². The first-order valence-corrected chi connectivity index (χ1v) is 14.3. The molecule has 2 aliphatic carbocycles. The Morgan fingerprint density at radius 2 is 1.98 bits per heavy atom. The molecule has 2 N–H and O–H groups in total. The molecule has 0 radical (unpaired) electrons. The van der Waals surface area contributed by atoms with Crippen LogP contribution in [0, 0.1) is 5.92 Å². The molecule has 1 aliphatic heterocycles. The van der Waals surface area contributed by atoms with Crippen LogP contribution in [-0.4, -0.2) is 34.4 Å². The van der Waals surface area contributed by atoms with Crippen molar-refractivity contribution < 1.29 is 27.5 Å².